The largest absolute Gasteiger partial charge is 0.492 e. The maximum absolute atomic E-state index is 13.3. The zero-order valence-corrected chi connectivity index (χ0v) is 9.19. The van der Waals surface area contributed by atoms with Crippen molar-refractivity contribution >= 4 is 5.69 Å². The van der Waals surface area contributed by atoms with Crippen LogP contribution in [-0.4, -0.2) is 24.1 Å². The third-order valence-electron chi connectivity index (χ3n) is 2.73. The molecule has 1 fully saturated rings. The topological polar surface area (TPSA) is 64.4 Å². The molecule has 2 rings (SSSR count). The van der Waals surface area contributed by atoms with Gasteiger partial charge in [-0.15, -0.1) is 0 Å². The summed E-state index contributed by atoms with van der Waals surface area (Å²) in [5.74, 6) is -0.548. The van der Waals surface area contributed by atoms with Gasteiger partial charge in [0.05, 0.1) is 4.92 Å². The summed E-state index contributed by atoms with van der Waals surface area (Å²) in [6.45, 7) is 1.43. The lowest BCUT2D eigenvalue weighted by atomic mass is 10.2. The molecule has 1 aromatic rings. The molecule has 0 spiro atoms. The Morgan fingerprint density at radius 2 is 2.41 bits per heavy atom. The average Bonchev–Trinajstić information content (AvgIpc) is 2.78. The molecule has 5 nitrogen and oxygen atoms in total. The summed E-state index contributed by atoms with van der Waals surface area (Å²) in [5, 5.41) is 13.7. The zero-order chi connectivity index (χ0) is 12.3. The van der Waals surface area contributed by atoms with Crippen LogP contribution in [0.2, 0.25) is 0 Å². The van der Waals surface area contributed by atoms with Gasteiger partial charge in [0.25, 0.3) is 0 Å². The predicted octanol–water partition coefficient (Wildman–Crippen LogP) is 1.86. The molecule has 0 radical (unpaired) electrons. The van der Waals surface area contributed by atoms with Crippen molar-refractivity contribution in [2.24, 2.45) is 0 Å². The van der Waals surface area contributed by atoms with Gasteiger partial charge < -0.3 is 10.1 Å². The normalized spacial score (nSPS) is 19.2. The van der Waals surface area contributed by atoms with Gasteiger partial charge in [-0.25, -0.2) is 0 Å². The molecule has 6 heteroatoms. The van der Waals surface area contributed by atoms with E-state index in [0.717, 1.165) is 31.5 Å². The van der Waals surface area contributed by atoms with Crippen LogP contribution in [0.3, 0.4) is 0 Å². The van der Waals surface area contributed by atoms with Crippen molar-refractivity contribution in [2.45, 2.75) is 18.9 Å². The van der Waals surface area contributed by atoms with Crippen molar-refractivity contribution in [3.8, 4) is 5.75 Å². The third-order valence-corrected chi connectivity index (χ3v) is 2.73. The maximum atomic E-state index is 13.3. The molecule has 1 aliphatic heterocycles. The summed E-state index contributed by atoms with van der Waals surface area (Å²) in [6, 6.07) is 3.86. The van der Waals surface area contributed by atoms with E-state index < -0.39 is 16.4 Å². The maximum Gasteiger partial charge on any atom is 0.305 e. The van der Waals surface area contributed by atoms with E-state index in [4.69, 9.17) is 4.74 Å². The highest BCUT2D eigenvalue weighted by molar-refractivity contribution is 5.37. The van der Waals surface area contributed by atoms with Crippen LogP contribution in [0.5, 0.6) is 5.75 Å². The van der Waals surface area contributed by atoms with Gasteiger partial charge in [-0.05, 0) is 25.5 Å². The highest BCUT2D eigenvalue weighted by Crippen LogP contribution is 2.22. The fourth-order valence-electron chi connectivity index (χ4n) is 1.82. The number of hydrogen-bond acceptors (Lipinski definition) is 4. The molecular formula is C11H13FN2O3. The van der Waals surface area contributed by atoms with Crippen LogP contribution in [0.1, 0.15) is 12.8 Å². The molecule has 0 unspecified atom stereocenters. The van der Waals surface area contributed by atoms with E-state index in [1.165, 1.54) is 6.07 Å². The molecule has 0 saturated carbocycles. The Hall–Kier alpha value is -1.69. The van der Waals surface area contributed by atoms with Crippen LogP contribution in [-0.2, 0) is 0 Å². The molecule has 0 aromatic heterocycles. The van der Waals surface area contributed by atoms with Gasteiger partial charge in [0.2, 0.25) is 5.82 Å². The van der Waals surface area contributed by atoms with E-state index in [9.17, 15) is 14.5 Å². The molecule has 0 amide bonds. The fraction of sp³-hybridized carbons (Fsp3) is 0.455. The first kappa shape index (κ1) is 11.8. The number of nitrogens with zero attached hydrogens (tertiary/aromatic N) is 1. The van der Waals surface area contributed by atoms with Gasteiger partial charge in [0, 0.05) is 18.2 Å². The minimum absolute atomic E-state index is 0.285. The van der Waals surface area contributed by atoms with Crippen molar-refractivity contribution in [3.63, 3.8) is 0 Å². The highest BCUT2D eigenvalue weighted by Gasteiger charge is 2.17. The molecule has 1 N–H and O–H groups in total. The molecule has 17 heavy (non-hydrogen) atoms. The van der Waals surface area contributed by atoms with Gasteiger partial charge in [0.1, 0.15) is 12.4 Å². The Kier molecular flexibility index (Phi) is 3.53. The van der Waals surface area contributed by atoms with Gasteiger partial charge in [-0.1, -0.05) is 0 Å². The fourth-order valence-corrected chi connectivity index (χ4v) is 1.82. The zero-order valence-electron chi connectivity index (χ0n) is 9.19. The summed E-state index contributed by atoms with van der Waals surface area (Å²) in [7, 11) is 0. The standard InChI is InChI=1S/C11H13FN2O3/c12-10-6-9(3-4-11(10)14(15)16)17-7-8-2-1-5-13-8/h3-4,6,8,13H,1-2,5,7H2/t8-/m1/s1. The number of nitro benzene ring substituents is 1. The van der Waals surface area contributed by atoms with E-state index in [1.54, 1.807) is 0 Å². The highest BCUT2D eigenvalue weighted by atomic mass is 19.1. The molecule has 1 atom stereocenters. The first-order valence-corrected chi connectivity index (χ1v) is 5.47. The molecular weight excluding hydrogens is 227 g/mol. The van der Waals surface area contributed by atoms with Gasteiger partial charge in [-0.3, -0.25) is 10.1 Å². The van der Waals surface area contributed by atoms with Crippen LogP contribution in [0.4, 0.5) is 10.1 Å². The molecule has 1 aromatic carbocycles. The second kappa shape index (κ2) is 5.09. The quantitative estimate of drug-likeness (QED) is 0.644. The van der Waals surface area contributed by atoms with Crippen LogP contribution in [0, 0.1) is 15.9 Å². The molecule has 0 bridgehead atoms. The Balaban J connectivity index is 1.97. The number of hydrogen-bond donors (Lipinski definition) is 1. The number of halogens is 1. The lowest BCUT2D eigenvalue weighted by Crippen LogP contribution is -2.28. The summed E-state index contributed by atoms with van der Waals surface area (Å²) < 4.78 is 18.6. The SMILES string of the molecule is O=[N+]([O-])c1ccc(OC[C@H]2CCCN2)cc1F. The van der Waals surface area contributed by atoms with Crippen molar-refractivity contribution in [3.05, 3.63) is 34.1 Å². The van der Waals surface area contributed by atoms with Crippen LogP contribution >= 0.6 is 0 Å². The number of ether oxygens (including phenoxy) is 1. The summed E-state index contributed by atoms with van der Waals surface area (Å²) in [4.78, 5) is 9.66. The number of nitro groups is 1. The lowest BCUT2D eigenvalue weighted by molar-refractivity contribution is -0.387. The molecule has 1 heterocycles. The van der Waals surface area contributed by atoms with E-state index in [1.807, 2.05) is 0 Å². The van der Waals surface area contributed by atoms with Crippen molar-refractivity contribution in [2.75, 3.05) is 13.2 Å². The summed E-state index contributed by atoms with van der Waals surface area (Å²) >= 11 is 0. The second-order valence-corrected chi connectivity index (χ2v) is 3.97. The van der Waals surface area contributed by atoms with E-state index in [2.05, 4.69) is 5.32 Å². The van der Waals surface area contributed by atoms with E-state index in [0.29, 0.717) is 12.4 Å². The first-order valence-electron chi connectivity index (χ1n) is 5.47. The van der Waals surface area contributed by atoms with Gasteiger partial charge >= 0.3 is 5.69 Å². The summed E-state index contributed by atoms with van der Waals surface area (Å²) in [5.41, 5.74) is -0.531. The number of nitrogens with one attached hydrogen (secondary N) is 1. The van der Waals surface area contributed by atoms with Gasteiger partial charge in [0.15, 0.2) is 0 Å². The smallest absolute Gasteiger partial charge is 0.305 e. The van der Waals surface area contributed by atoms with Crippen LogP contribution in [0.25, 0.3) is 0 Å². The number of benzene rings is 1. The molecule has 92 valence electrons. The molecule has 1 aliphatic rings. The number of rotatable bonds is 4. The van der Waals surface area contributed by atoms with E-state index >= 15 is 0 Å². The monoisotopic (exact) mass is 240 g/mol. The lowest BCUT2D eigenvalue weighted by Gasteiger charge is -2.11. The Labute approximate surface area is 97.7 Å². The van der Waals surface area contributed by atoms with Crippen molar-refractivity contribution in [1.82, 2.24) is 5.32 Å². The minimum atomic E-state index is -0.869. The van der Waals surface area contributed by atoms with Crippen LogP contribution in [0.15, 0.2) is 18.2 Å². The Morgan fingerprint density at radius 1 is 1.59 bits per heavy atom. The van der Waals surface area contributed by atoms with Crippen LogP contribution < -0.4 is 10.1 Å². The minimum Gasteiger partial charge on any atom is -0.492 e. The first-order chi connectivity index (χ1) is 8.16. The predicted molar refractivity (Wildman–Crippen MR) is 59.6 cm³/mol. The van der Waals surface area contributed by atoms with E-state index in [-0.39, 0.29) is 6.04 Å². The summed E-state index contributed by atoms with van der Waals surface area (Å²) in [6.07, 6.45) is 2.15. The van der Waals surface area contributed by atoms with Crippen molar-refractivity contribution in [1.29, 1.82) is 0 Å². The third kappa shape index (κ3) is 2.91. The van der Waals surface area contributed by atoms with Gasteiger partial charge in [-0.2, -0.15) is 4.39 Å². The Morgan fingerprint density at radius 3 is 3.00 bits per heavy atom. The van der Waals surface area contributed by atoms with Crippen molar-refractivity contribution < 1.29 is 14.1 Å². The molecule has 1 saturated heterocycles. The molecule has 0 aliphatic carbocycles. The second-order valence-electron chi connectivity index (χ2n) is 3.97. The Bertz CT molecular complexity index is 419. The average molecular weight is 240 g/mol.